The lowest BCUT2D eigenvalue weighted by atomic mass is 10.1. The number of aliphatic imine (C=N–C) groups is 1. The normalized spacial score (nSPS) is 21.8. The number of halogens is 1. The molecule has 2 aliphatic rings. The van der Waals surface area contributed by atoms with Gasteiger partial charge in [0.25, 0.3) is 0 Å². The zero-order valence-electron chi connectivity index (χ0n) is 19.3. The van der Waals surface area contributed by atoms with Crippen LogP contribution in [-0.4, -0.2) is 67.4 Å². The van der Waals surface area contributed by atoms with Crippen molar-refractivity contribution >= 4 is 39.8 Å². The Hall–Kier alpha value is -0.870. The molecule has 2 aliphatic heterocycles. The van der Waals surface area contributed by atoms with Crippen LogP contribution in [0.3, 0.4) is 0 Å². The van der Waals surface area contributed by atoms with Gasteiger partial charge in [-0.25, -0.2) is 13.4 Å². The Bertz CT molecular complexity index is 816. The van der Waals surface area contributed by atoms with Crippen LogP contribution in [-0.2, 0) is 22.9 Å². The van der Waals surface area contributed by atoms with E-state index >= 15 is 0 Å². The third-order valence-electron chi connectivity index (χ3n) is 6.22. The summed E-state index contributed by atoms with van der Waals surface area (Å²) in [5.74, 6) is 0.976. The van der Waals surface area contributed by atoms with Crippen molar-refractivity contribution in [1.82, 2.24) is 15.1 Å². The standard InChI is InChI=1S/C23H38N4O2S.HI/c1-4-24-22(27-15-16-30(28,29)23(2,3)19-27)25-17-20-9-11-21(12-10-20)18-26-13-7-5-6-8-14-26;/h9-12H,4-8,13-19H2,1-3H3,(H,24,25);1H. The van der Waals surface area contributed by atoms with E-state index < -0.39 is 14.6 Å². The maximum atomic E-state index is 12.3. The van der Waals surface area contributed by atoms with Crippen LogP contribution in [0, 0.1) is 0 Å². The fourth-order valence-corrected chi connectivity index (χ4v) is 5.58. The second kappa shape index (κ2) is 11.8. The van der Waals surface area contributed by atoms with Crippen LogP contribution in [0.4, 0.5) is 0 Å². The second-order valence-corrected chi connectivity index (χ2v) is 11.9. The van der Waals surface area contributed by atoms with E-state index in [9.17, 15) is 8.42 Å². The number of likely N-dealkylation sites (tertiary alicyclic amines) is 1. The lowest BCUT2D eigenvalue weighted by molar-refractivity contribution is 0.277. The first-order chi connectivity index (χ1) is 14.3. The van der Waals surface area contributed by atoms with Crippen molar-refractivity contribution in [2.75, 3.05) is 38.5 Å². The van der Waals surface area contributed by atoms with E-state index in [1.165, 1.54) is 49.9 Å². The minimum atomic E-state index is -3.06. The van der Waals surface area contributed by atoms with Gasteiger partial charge >= 0.3 is 0 Å². The Balaban J connectivity index is 0.00000341. The van der Waals surface area contributed by atoms with E-state index in [-0.39, 0.29) is 29.7 Å². The molecule has 8 heteroatoms. The van der Waals surface area contributed by atoms with Crippen molar-refractivity contribution in [3.63, 3.8) is 0 Å². The third-order valence-corrected chi connectivity index (χ3v) is 8.75. The fourth-order valence-electron chi connectivity index (χ4n) is 4.22. The van der Waals surface area contributed by atoms with Crippen LogP contribution < -0.4 is 5.32 Å². The number of nitrogens with zero attached hydrogens (tertiary/aromatic N) is 3. The highest BCUT2D eigenvalue weighted by atomic mass is 127. The number of hydrogen-bond acceptors (Lipinski definition) is 4. The van der Waals surface area contributed by atoms with Gasteiger partial charge in [-0.05, 0) is 57.8 Å². The predicted octanol–water partition coefficient (Wildman–Crippen LogP) is 3.66. The zero-order valence-corrected chi connectivity index (χ0v) is 22.4. The maximum Gasteiger partial charge on any atom is 0.194 e. The molecule has 0 spiro atoms. The summed E-state index contributed by atoms with van der Waals surface area (Å²) in [6, 6.07) is 8.79. The van der Waals surface area contributed by atoms with Crippen molar-refractivity contribution < 1.29 is 8.42 Å². The molecule has 2 fully saturated rings. The summed E-state index contributed by atoms with van der Waals surface area (Å²) in [7, 11) is -3.06. The fraction of sp³-hybridized carbons (Fsp3) is 0.696. The molecular weight excluding hydrogens is 523 g/mol. The molecule has 176 valence electrons. The topological polar surface area (TPSA) is 65.0 Å². The highest BCUT2D eigenvalue weighted by Crippen LogP contribution is 2.24. The average molecular weight is 563 g/mol. The minimum Gasteiger partial charge on any atom is -0.357 e. The Labute approximate surface area is 205 Å². The summed E-state index contributed by atoms with van der Waals surface area (Å²) in [4.78, 5) is 9.45. The second-order valence-electron chi connectivity index (χ2n) is 9.18. The molecule has 0 amide bonds. The quantitative estimate of drug-likeness (QED) is 0.337. The van der Waals surface area contributed by atoms with Gasteiger partial charge in [-0.2, -0.15) is 0 Å². The van der Waals surface area contributed by atoms with Gasteiger partial charge in [0, 0.05) is 26.2 Å². The van der Waals surface area contributed by atoms with Crippen molar-refractivity contribution in [1.29, 1.82) is 0 Å². The van der Waals surface area contributed by atoms with Crippen LogP contribution in [0.2, 0.25) is 0 Å². The summed E-state index contributed by atoms with van der Waals surface area (Å²) in [5, 5.41) is 3.33. The Kier molecular flexibility index (Phi) is 10.1. The summed E-state index contributed by atoms with van der Waals surface area (Å²) in [5.41, 5.74) is 2.54. The lowest BCUT2D eigenvalue weighted by Crippen LogP contribution is -2.57. The van der Waals surface area contributed by atoms with Crippen molar-refractivity contribution in [2.24, 2.45) is 4.99 Å². The van der Waals surface area contributed by atoms with E-state index in [1.807, 2.05) is 6.92 Å². The van der Waals surface area contributed by atoms with Gasteiger partial charge in [0.2, 0.25) is 0 Å². The maximum absolute atomic E-state index is 12.3. The molecule has 0 saturated carbocycles. The molecule has 0 bridgehead atoms. The smallest absolute Gasteiger partial charge is 0.194 e. The summed E-state index contributed by atoms with van der Waals surface area (Å²) < 4.78 is 23.9. The van der Waals surface area contributed by atoms with Crippen molar-refractivity contribution in [3.8, 4) is 0 Å². The number of benzene rings is 1. The number of hydrogen-bond donors (Lipinski definition) is 1. The van der Waals surface area contributed by atoms with E-state index in [2.05, 4.69) is 39.4 Å². The van der Waals surface area contributed by atoms with Gasteiger partial charge in [0.05, 0.1) is 17.0 Å². The summed E-state index contributed by atoms with van der Waals surface area (Å²) >= 11 is 0. The van der Waals surface area contributed by atoms with Crippen molar-refractivity contribution in [3.05, 3.63) is 35.4 Å². The van der Waals surface area contributed by atoms with Crippen LogP contribution in [0.1, 0.15) is 57.6 Å². The number of nitrogens with one attached hydrogen (secondary N) is 1. The van der Waals surface area contributed by atoms with Gasteiger partial charge in [-0.1, -0.05) is 37.1 Å². The average Bonchev–Trinajstić information content (AvgIpc) is 2.97. The molecular formula is C23H39IN4O2S. The Morgan fingerprint density at radius 3 is 2.23 bits per heavy atom. The molecule has 6 nitrogen and oxygen atoms in total. The molecule has 2 heterocycles. The molecule has 2 saturated heterocycles. The Morgan fingerprint density at radius 2 is 1.65 bits per heavy atom. The van der Waals surface area contributed by atoms with E-state index in [4.69, 9.17) is 4.99 Å². The highest BCUT2D eigenvalue weighted by Gasteiger charge is 2.40. The molecule has 31 heavy (non-hydrogen) atoms. The molecule has 0 aromatic heterocycles. The van der Waals surface area contributed by atoms with Gasteiger partial charge in [-0.3, -0.25) is 4.90 Å². The third kappa shape index (κ3) is 7.32. The Morgan fingerprint density at radius 1 is 1.03 bits per heavy atom. The first-order valence-corrected chi connectivity index (χ1v) is 13.0. The summed E-state index contributed by atoms with van der Waals surface area (Å²) in [6.07, 6.45) is 5.35. The minimum absolute atomic E-state index is 0. The van der Waals surface area contributed by atoms with E-state index in [1.54, 1.807) is 13.8 Å². The van der Waals surface area contributed by atoms with Crippen LogP contribution in [0.5, 0.6) is 0 Å². The number of sulfone groups is 1. The SMILES string of the molecule is CCNC(=NCc1ccc(CN2CCCCCC2)cc1)N1CCS(=O)(=O)C(C)(C)C1.I. The zero-order chi connectivity index (χ0) is 21.6. The van der Waals surface area contributed by atoms with Crippen LogP contribution in [0.15, 0.2) is 29.3 Å². The largest absolute Gasteiger partial charge is 0.357 e. The van der Waals surface area contributed by atoms with E-state index in [0.717, 1.165) is 19.0 Å². The van der Waals surface area contributed by atoms with Crippen LogP contribution >= 0.6 is 24.0 Å². The first kappa shape index (κ1) is 26.4. The van der Waals surface area contributed by atoms with Gasteiger partial charge in [0.15, 0.2) is 15.8 Å². The monoisotopic (exact) mass is 562 g/mol. The first-order valence-electron chi connectivity index (χ1n) is 11.4. The predicted molar refractivity (Wildman–Crippen MR) is 140 cm³/mol. The highest BCUT2D eigenvalue weighted by molar-refractivity contribution is 14.0. The number of guanidine groups is 1. The number of rotatable bonds is 5. The molecule has 1 aromatic rings. The molecule has 0 aliphatic carbocycles. The van der Waals surface area contributed by atoms with Gasteiger partial charge < -0.3 is 10.2 Å². The molecule has 1 aromatic carbocycles. The lowest BCUT2D eigenvalue weighted by Gasteiger charge is -2.39. The van der Waals surface area contributed by atoms with Crippen molar-refractivity contribution in [2.45, 2.75) is 64.3 Å². The molecule has 0 radical (unpaired) electrons. The van der Waals surface area contributed by atoms with Gasteiger partial charge in [-0.15, -0.1) is 24.0 Å². The van der Waals surface area contributed by atoms with E-state index in [0.29, 0.717) is 19.6 Å². The molecule has 0 atom stereocenters. The summed E-state index contributed by atoms with van der Waals surface area (Å²) in [6.45, 7) is 11.4. The molecule has 1 N–H and O–H groups in total. The molecule has 0 unspecified atom stereocenters. The molecule has 3 rings (SSSR count). The van der Waals surface area contributed by atoms with Gasteiger partial charge in [0.1, 0.15) is 0 Å². The van der Waals surface area contributed by atoms with Crippen LogP contribution in [0.25, 0.3) is 0 Å².